The maximum absolute atomic E-state index is 12.3. The molecule has 5 heteroatoms. The van der Waals surface area contributed by atoms with Crippen LogP contribution in [0.15, 0.2) is 36.4 Å². The largest absolute Gasteiger partial charge is 0.496 e. The van der Waals surface area contributed by atoms with Crippen LogP contribution in [-0.2, 0) is 28.8 Å². The molecule has 1 aliphatic carbocycles. The fourth-order valence-electron chi connectivity index (χ4n) is 3.07. The van der Waals surface area contributed by atoms with Gasteiger partial charge in [-0.05, 0) is 54.7 Å². The van der Waals surface area contributed by atoms with E-state index in [1.54, 1.807) is 24.3 Å². The highest BCUT2D eigenvalue weighted by Crippen LogP contribution is 2.24. The number of halogens is 1. The number of hydrogen-bond donors (Lipinski definition) is 0. The zero-order valence-corrected chi connectivity index (χ0v) is 14.8. The van der Waals surface area contributed by atoms with Gasteiger partial charge < -0.3 is 9.47 Å². The predicted molar refractivity (Wildman–Crippen MR) is 95.5 cm³/mol. The van der Waals surface area contributed by atoms with Crippen molar-refractivity contribution in [1.29, 1.82) is 0 Å². The Balaban J connectivity index is 1.59. The molecule has 0 aliphatic heterocycles. The molecule has 0 fully saturated rings. The predicted octanol–water partition coefficient (Wildman–Crippen LogP) is 3.81. The van der Waals surface area contributed by atoms with Crippen molar-refractivity contribution in [2.24, 2.45) is 0 Å². The Morgan fingerprint density at radius 2 is 1.88 bits per heavy atom. The van der Waals surface area contributed by atoms with Crippen LogP contribution in [0.2, 0.25) is 5.02 Å². The van der Waals surface area contributed by atoms with Crippen LogP contribution < -0.4 is 4.74 Å². The summed E-state index contributed by atoms with van der Waals surface area (Å²) in [6.07, 6.45) is 3.20. The maximum atomic E-state index is 12.3. The Morgan fingerprint density at radius 1 is 1.08 bits per heavy atom. The van der Waals surface area contributed by atoms with Gasteiger partial charge in [0.05, 0.1) is 13.5 Å². The molecule has 2 aromatic carbocycles. The zero-order valence-electron chi connectivity index (χ0n) is 14.0. The Bertz CT molecular complexity index is 813. The second kappa shape index (κ2) is 7.70. The van der Waals surface area contributed by atoms with Crippen LogP contribution in [0.25, 0.3) is 0 Å². The van der Waals surface area contributed by atoms with E-state index in [-0.39, 0.29) is 18.8 Å². The number of hydrogen-bond acceptors (Lipinski definition) is 4. The molecule has 2 aromatic rings. The van der Waals surface area contributed by atoms with Crippen LogP contribution in [0.1, 0.15) is 33.5 Å². The summed E-state index contributed by atoms with van der Waals surface area (Å²) < 4.78 is 10.3. The van der Waals surface area contributed by atoms with E-state index in [0.29, 0.717) is 21.9 Å². The van der Waals surface area contributed by atoms with E-state index in [2.05, 4.69) is 0 Å². The lowest BCUT2D eigenvalue weighted by Gasteiger charge is -2.09. The minimum absolute atomic E-state index is 0.00119. The van der Waals surface area contributed by atoms with Gasteiger partial charge in [-0.3, -0.25) is 9.59 Å². The number of ketones is 1. The van der Waals surface area contributed by atoms with E-state index in [4.69, 9.17) is 21.1 Å². The van der Waals surface area contributed by atoms with Gasteiger partial charge in [0, 0.05) is 16.1 Å². The maximum Gasteiger partial charge on any atom is 0.310 e. The molecule has 0 atom stereocenters. The Hall–Kier alpha value is -2.33. The average molecular weight is 359 g/mol. The smallest absolute Gasteiger partial charge is 0.310 e. The van der Waals surface area contributed by atoms with E-state index < -0.39 is 5.97 Å². The van der Waals surface area contributed by atoms with E-state index >= 15 is 0 Å². The number of carbonyl (C=O) groups is 2. The van der Waals surface area contributed by atoms with E-state index in [0.717, 1.165) is 19.3 Å². The van der Waals surface area contributed by atoms with Gasteiger partial charge in [0.2, 0.25) is 0 Å². The third kappa shape index (κ3) is 4.20. The monoisotopic (exact) mass is 358 g/mol. The molecule has 0 spiro atoms. The number of esters is 1. The van der Waals surface area contributed by atoms with E-state index in [1.165, 1.54) is 18.2 Å². The molecule has 0 N–H and O–H groups in total. The van der Waals surface area contributed by atoms with Crippen LogP contribution in [0.3, 0.4) is 0 Å². The lowest BCUT2D eigenvalue weighted by Crippen LogP contribution is -2.16. The van der Waals surface area contributed by atoms with Crippen molar-refractivity contribution in [2.45, 2.75) is 25.7 Å². The molecule has 0 saturated heterocycles. The number of aryl methyl sites for hydroxylation is 2. The molecule has 3 rings (SSSR count). The summed E-state index contributed by atoms with van der Waals surface area (Å²) in [6.45, 7) is -0.263. The molecule has 0 amide bonds. The normalized spacial score (nSPS) is 12.6. The average Bonchev–Trinajstić information content (AvgIpc) is 3.07. The SMILES string of the molecule is COc1ccc(Cl)cc1CC(=O)OCC(=O)c1ccc2c(c1)CCC2. The topological polar surface area (TPSA) is 52.6 Å². The van der Waals surface area contributed by atoms with Crippen LogP contribution in [-0.4, -0.2) is 25.5 Å². The van der Waals surface area contributed by atoms with Crippen LogP contribution >= 0.6 is 11.6 Å². The third-order valence-corrected chi connectivity index (χ3v) is 4.60. The first kappa shape index (κ1) is 17.5. The zero-order chi connectivity index (χ0) is 17.8. The molecular weight excluding hydrogens is 340 g/mol. The van der Waals surface area contributed by atoms with Crippen molar-refractivity contribution >= 4 is 23.4 Å². The summed E-state index contributed by atoms with van der Waals surface area (Å²) in [5.74, 6) is -0.123. The van der Waals surface area contributed by atoms with E-state index in [1.807, 2.05) is 12.1 Å². The minimum Gasteiger partial charge on any atom is -0.496 e. The molecule has 25 heavy (non-hydrogen) atoms. The van der Waals surface area contributed by atoms with Crippen molar-refractivity contribution in [1.82, 2.24) is 0 Å². The summed E-state index contributed by atoms with van der Waals surface area (Å²) in [7, 11) is 1.52. The van der Waals surface area contributed by atoms with Gasteiger partial charge in [0.15, 0.2) is 12.4 Å². The van der Waals surface area contributed by atoms with Gasteiger partial charge in [-0.1, -0.05) is 23.7 Å². The second-order valence-electron chi connectivity index (χ2n) is 6.05. The van der Waals surface area contributed by atoms with Crippen molar-refractivity contribution in [3.05, 3.63) is 63.7 Å². The molecule has 1 aliphatic rings. The summed E-state index contributed by atoms with van der Waals surface area (Å²) >= 11 is 5.95. The first-order chi connectivity index (χ1) is 12.1. The van der Waals surface area contributed by atoms with Crippen molar-refractivity contribution in [3.8, 4) is 5.75 Å². The number of Topliss-reactive ketones (excluding diaryl/α,β-unsaturated/α-hetero) is 1. The van der Waals surface area contributed by atoms with Crippen LogP contribution in [0, 0.1) is 0 Å². The number of rotatable bonds is 6. The quantitative estimate of drug-likeness (QED) is 0.582. The summed E-state index contributed by atoms with van der Waals surface area (Å²) in [5, 5.41) is 0.512. The fourth-order valence-corrected chi connectivity index (χ4v) is 3.26. The molecule has 0 aromatic heterocycles. The molecule has 0 heterocycles. The number of methoxy groups -OCH3 is 1. The second-order valence-corrected chi connectivity index (χ2v) is 6.49. The van der Waals surface area contributed by atoms with Gasteiger partial charge in [-0.15, -0.1) is 0 Å². The fraction of sp³-hybridized carbons (Fsp3) is 0.300. The highest BCUT2D eigenvalue weighted by molar-refractivity contribution is 6.30. The number of carbonyl (C=O) groups excluding carboxylic acids is 2. The van der Waals surface area contributed by atoms with Crippen LogP contribution in [0.4, 0.5) is 0 Å². The molecule has 130 valence electrons. The van der Waals surface area contributed by atoms with E-state index in [9.17, 15) is 9.59 Å². The molecule has 0 radical (unpaired) electrons. The third-order valence-electron chi connectivity index (χ3n) is 4.36. The highest BCUT2D eigenvalue weighted by Gasteiger charge is 2.16. The van der Waals surface area contributed by atoms with Gasteiger partial charge in [-0.25, -0.2) is 0 Å². The lowest BCUT2D eigenvalue weighted by atomic mass is 10.0. The minimum atomic E-state index is -0.491. The number of benzene rings is 2. The Kier molecular flexibility index (Phi) is 5.39. The summed E-state index contributed by atoms with van der Waals surface area (Å²) in [4.78, 5) is 24.3. The molecule has 4 nitrogen and oxygen atoms in total. The Labute approximate surface area is 151 Å². The summed E-state index contributed by atoms with van der Waals surface area (Å²) in [6, 6.07) is 10.8. The lowest BCUT2D eigenvalue weighted by molar-refractivity contribution is -0.141. The standard InChI is InChI=1S/C20H19ClO4/c1-24-19-8-7-17(21)10-16(19)11-20(23)25-12-18(22)15-6-5-13-3-2-4-14(13)9-15/h5-10H,2-4,11-12H2,1H3. The van der Waals surface area contributed by atoms with Gasteiger partial charge in [0.25, 0.3) is 0 Å². The molecular formula is C20H19ClO4. The van der Waals surface area contributed by atoms with Crippen molar-refractivity contribution < 1.29 is 19.1 Å². The van der Waals surface area contributed by atoms with Gasteiger partial charge in [-0.2, -0.15) is 0 Å². The molecule has 0 unspecified atom stereocenters. The first-order valence-corrected chi connectivity index (χ1v) is 8.57. The van der Waals surface area contributed by atoms with Crippen molar-refractivity contribution in [2.75, 3.05) is 13.7 Å². The first-order valence-electron chi connectivity index (χ1n) is 8.20. The van der Waals surface area contributed by atoms with Crippen molar-refractivity contribution in [3.63, 3.8) is 0 Å². The number of ether oxygens (including phenoxy) is 2. The number of fused-ring (bicyclic) bond motifs is 1. The van der Waals surface area contributed by atoms with Gasteiger partial charge in [0.1, 0.15) is 5.75 Å². The molecule has 0 saturated carbocycles. The van der Waals surface area contributed by atoms with Gasteiger partial charge >= 0.3 is 5.97 Å². The Morgan fingerprint density at radius 3 is 2.68 bits per heavy atom. The summed E-state index contributed by atoms with van der Waals surface area (Å²) in [5.41, 5.74) is 3.75. The van der Waals surface area contributed by atoms with Crippen LogP contribution in [0.5, 0.6) is 5.75 Å². The molecule has 0 bridgehead atoms. The highest BCUT2D eigenvalue weighted by atomic mass is 35.5.